The fourth-order valence-corrected chi connectivity index (χ4v) is 10.4. The Balaban J connectivity index is 3.45. The van der Waals surface area contributed by atoms with Crippen LogP contribution in [0.4, 0.5) is 0 Å². The zero-order valence-corrected chi connectivity index (χ0v) is 49.4. The summed E-state index contributed by atoms with van der Waals surface area (Å²) in [5.41, 5.74) is 0. The highest BCUT2D eigenvalue weighted by atomic mass is 16.5. The van der Waals surface area contributed by atoms with Crippen LogP contribution < -0.4 is 5.32 Å². The topological polar surface area (TPSA) is 95.9 Å². The second-order valence-corrected chi connectivity index (χ2v) is 22.8. The lowest BCUT2D eigenvalue weighted by Crippen LogP contribution is -2.45. The van der Waals surface area contributed by atoms with E-state index in [4.69, 9.17) is 4.74 Å². The van der Waals surface area contributed by atoms with Crippen molar-refractivity contribution in [2.75, 3.05) is 13.2 Å². The van der Waals surface area contributed by atoms with E-state index in [0.29, 0.717) is 19.4 Å². The predicted molar refractivity (Wildman–Crippen MR) is 320 cm³/mol. The Morgan fingerprint density at radius 2 is 0.644 bits per heavy atom. The lowest BCUT2D eigenvalue weighted by molar-refractivity contribution is -0.143. The second kappa shape index (κ2) is 62.9. The molecular weight excluding hydrogens is 899 g/mol. The molecule has 0 aromatic carbocycles. The molecule has 0 bridgehead atoms. The molecule has 0 aliphatic heterocycles. The van der Waals surface area contributed by atoms with E-state index in [1.165, 1.54) is 289 Å². The van der Waals surface area contributed by atoms with Crippen LogP contribution in [0.15, 0.2) is 24.3 Å². The number of aliphatic hydroxyl groups is 2. The number of carbonyl (C=O) groups excluding carboxylic acids is 2. The van der Waals surface area contributed by atoms with Crippen LogP contribution in [-0.2, 0) is 14.3 Å². The van der Waals surface area contributed by atoms with Crippen molar-refractivity contribution in [3.05, 3.63) is 24.3 Å². The van der Waals surface area contributed by atoms with E-state index in [9.17, 15) is 19.8 Å². The summed E-state index contributed by atoms with van der Waals surface area (Å²) in [6, 6.07) is -0.636. The van der Waals surface area contributed by atoms with Crippen molar-refractivity contribution in [2.24, 2.45) is 0 Å². The van der Waals surface area contributed by atoms with Crippen LogP contribution in [0, 0.1) is 0 Å². The summed E-state index contributed by atoms with van der Waals surface area (Å²) in [6.45, 7) is 4.92. The van der Waals surface area contributed by atoms with Crippen molar-refractivity contribution >= 4 is 11.9 Å². The van der Waals surface area contributed by atoms with E-state index in [1.54, 1.807) is 6.08 Å². The first-order valence-electron chi connectivity index (χ1n) is 33.1. The van der Waals surface area contributed by atoms with Gasteiger partial charge in [0.2, 0.25) is 5.91 Å². The first kappa shape index (κ1) is 71.3. The minimum absolute atomic E-state index is 0.00235. The molecule has 2 atom stereocenters. The maximum atomic E-state index is 12.5. The van der Waals surface area contributed by atoms with Gasteiger partial charge in [-0.1, -0.05) is 321 Å². The Kier molecular flexibility index (Phi) is 61.4. The number of amides is 1. The molecule has 0 aromatic rings. The molecule has 0 spiro atoms. The van der Waals surface area contributed by atoms with Crippen LogP contribution in [0.3, 0.4) is 0 Å². The second-order valence-electron chi connectivity index (χ2n) is 22.8. The van der Waals surface area contributed by atoms with E-state index in [1.807, 2.05) is 6.08 Å². The van der Waals surface area contributed by atoms with Gasteiger partial charge in [0.1, 0.15) is 0 Å². The van der Waals surface area contributed by atoms with Gasteiger partial charge in [-0.15, -0.1) is 0 Å². The maximum absolute atomic E-state index is 12.5. The number of carbonyl (C=O) groups is 2. The van der Waals surface area contributed by atoms with Gasteiger partial charge in [-0.25, -0.2) is 0 Å². The van der Waals surface area contributed by atoms with Crippen LogP contribution in [0.1, 0.15) is 367 Å². The van der Waals surface area contributed by atoms with E-state index in [2.05, 4.69) is 31.3 Å². The first-order chi connectivity index (χ1) is 36.0. The first-order valence-corrected chi connectivity index (χ1v) is 33.1. The van der Waals surface area contributed by atoms with Crippen LogP contribution >= 0.6 is 0 Å². The molecule has 0 heterocycles. The van der Waals surface area contributed by atoms with Gasteiger partial charge in [-0.2, -0.15) is 0 Å². The summed E-state index contributed by atoms with van der Waals surface area (Å²) in [7, 11) is 0. The van der Waals surface area contributed by atoms with Gasteiger partial charge in [0.05, 0.1) is 25.4 Å². The highest BCUT2D eigenvalue weighted by Crippen LogP contribution is 2.18. The smallest absolute Gasteiger partial charge is 0.305 e. The molecule has 0 saturated carbocycles. The Morgan fingerprint density at radius 3 is 0.973 bits per heavy atom. The third-order valence-corrected chi connectivity index (χ3v) is 15.5. The van der Waals surface area contributed by atoms with Crippen molar-refractivity contribution in [3.8, 4) is 0 Å². The fraction of sp³-hybridized carbons (Fsp3) is 0.910. The normalized spacial score (nSPS) is 12.7. The van der Waals surface area contributed by atoms with Crippen LogP contribution in [0.25, 0.3) is 0 Å². The van der Waals surface area contributed by atoms with Crippen LogP contribution in [-0.4, -0.2) is 47.4 Å². The maximum Gasteiger partial charge on any atom is 0.305 e. The van der Waals surface area contributed by atoms with Crippen LogP contribution in [0.5, 0.6) is 0 Å². The number of ether oxygens (including phenoxy) is 1. The average molecular weight is 1030 g/mol. The third-order valence-electron chi connectivity index (χ3n) is 15.5. The molecule has 2 unspecified atom stereocenters. The zero-order chi connectivity index (χ0) is 52.9. The molecule has 6 heteroatoms. The van der Waals surface area contributed by atoms with Crippen LogP contribution in [0.2, 0.25) is 0 Å². The number of allylic oxidation sites excluding steroid dienone is 3. The average Bonchev–Trinajstić information content (AvgIpc) is 3.39. The van der Waals surface area contributed by atoms with Crippen molar-refractivity contribution in [2.45, 2.75) is 379 Å². The molecule has 0 aromatic heterocycles. The summed E-state index contributed by atoms with van der Waals surface area (Å²) in [4.78, 5) is 24.6. The van der Waals surface area contributed by atoms with Crippen molar-refractivity contribution in [3.63, 3.8) is 0 Å². The van der Waals surface area contributed by atoms with E-state index >= 15 is 0 Å². The van der Waals surface area contributed by atoms with Crippen molar-refractivity contribution in [1.29, 1.82) is 0 Å². The summed E-state index contributed by atoms with van der Waals surface area (Å²) < 4.78 is 5.49. The molecule has 0 radical (unpaired) electrons. The Hall–Kier alpha value is -1.66. The number of aliphatic hydroxyl groups excluding tert-OH is 2. The SMILES string of the molecule is CCCCCCCCC/C=C\CCCCCCCCCC(=O)OCCCCCCCCCCCCCCCCCC(=O)NC(CO)C(O)/C=C/CCCCCCCCCCCCCCCCCCCCCCC. The Bertz CT molecular complexity index is 1140. The largest absolute Gasteiger partial charge is 0.466 e. The van der Waals surface area contributed by atoms with Gasteiger partial charge in [-0.05, 0) is 57.8 Å². The predicted octanol–water partition coefficient (Wildman–Crippen LogP) is 21.0. The Labute approximate surface area is 456 Å². The molecule has 73 heavy (non-hydrogen) atoms. The summed E-state index contributed by atoms with van der Waals surface area (Å²) in [5.74, 6) is -0.0750. The number of hydrogen-bond acceptors (Lipinski definition) is 5. The number of unbranched alkanes of at least 4 members (excludes halogenated alkanes) is 49. The molecule has 0 fully saturated rings. The van der Waals surface area contributed by atoms with Crippen molar-refractivity contribution in [1.82, 2.24) is 5.32 Å². The minimum atomic E-state index is -0.852. The lowest BCUT2D eigenvalue weighted by Gasteiger charge is -2.20. The van der Waals surface area contributed by atoms with Gasteiger partial charge in [0.25, 0.3) is 0 Å². The highest BCUT2D eigenvalue weighted by molar-refractivity contribution is 5.76. The molecule has 0 aliphatic carbocycles. The monoisotopic (exact) mass is 1030 g/mol. The van der Waals surface area contributed by atoms with E-state index in [0.717, 1.165) is 51.4 Å². The number of esters is 1. The van der Waals surface area contributed by atoms with Gasteiger partial charge in [0.15, 0.2) is 0 Å². The number of hydrogen-bond donors (Lipinski definition) is 3. The van der Waals surface area contributed by atoms with Gasteiger partial charge < -0.3 is 20.3 Å². The third kappa shape index (κ3) is 59.4. The summed E-state index contributed by atoms with van der Waals surface area (Å²) in [5, 5.41) is 23.2. The summed E-state index contributed by atoms with van der Waals surface area (Å²) >= 11 is 0. The lowest BCUT2D eigenvalue weighted by atomic mass is 10.0. The number of rotatable bonds is 62. The standard InChI is InChI=1S/C67H129NO5/c1-3-5-7-9-11-13-15-17-19-21-23-24-25-26-27-28-31-35-39-43-47-51-55-59-65(70)64(63-69)68-66(71)60-56-52-48-44-40-36-32-30-34-38-42-46-50-54-58-62-73-67(72)61-57-53-49-45-41-37-33-29-22-20-18-16-14-12-10-8-6-4-2/h20,22,55,59,64-65,69-70H,3-19,21,23-54,56-58,60-63H2,1-2H3,(H,68,71)/b22-20-,59-55+. The van der Waals surface area contributed by atoms with Gasteiger partial charge in [-0.3, -0.25) is 9.59 Å². The van der Waals surface area contributed by atoms with E-state index < -0.39 is 12.1 Å². The molecule has 0 rings (SSSR count). The molecule has 1 amide bonds. The number of nitrogens with one attached hydrogen (secondary N) is 1. The summed E-state index contributed by atoms with van der Waals surface area (Å²) in [6.07, 6.45) is 78.0. The molecule has 3 N–H and O–H groups in total. The molecular formula is C67H129NO5. The minimum Gasteiger partial charge on any atom is -0.466 e. The highest BCUT2D eigenvalue weighted by Gasteiger charge is 2.18. The molecule has 0 saturated heterocycles. The fourth-order valence-electron chi connectivity index (χ4n) is 10.4. The van der Waals surface area contributed by atoms with Gasteiger partial charge in [0, 0.05) is 12.8 Å². The van der Waals surface area contributed by atoms with E-state index in [-0.39, 0.29) is 18.5 Å². The Morgan fingerprint density at radius 1 is 0.370 bits per heavy atom. The molecule has 6 nitrogen and oxygen atoms in total. The zero-order valence-electron chi connectivity index (χ0n) is 49.4. The quantitative estimate of drug-likeness (QED) is 0.0320. The molecule has 432 valence electrons. The van der Waals surface area contributed by atoms with Crippen molar-refractivity contribution < 1.29 is 24.5 Å². The van der Waals surface area contributed by atoms with Gasteiger partial charge >= 0.3 is 5.97 Å². The molecule has 0 aliphatic rings.